The highest BCUT2D eigenvalue weighted by Gasteiger charge is 2.29. The van der Waals surface area contributed by atoms with Gasteiger partial charge in [-0.25, -0.2) is 9.78 Å². The van der Waals surface area contributed by atoms with Gasteiger partial charge in [0.05, 0.1) is 16.8 Å². The highest BCUT2D eigenvalue weighted by Crippen LogP contribution is 2.32. The Balaban J connectivity index is 1.74. The van der Waals surface area contributed by atoms with Gasteiger partial charge in [0.2, 0.25) is 11.8 Å². The van der Waals surface area contributed by atoms with E-state index >= 15 is 0 Å². The lowest BCUT2D eigenvalue weighted by Crippen LogP contribution is -2.44. The fourth-order valence-corrected chi connectivity index (χ4v) is 4.48. The molecule has 11 nitrogen and oxygen atoms in total. The van der Waals surface area contributed by atoms with E-state index in [0.717, 1.165) is 11.3 Å². The average molecular weight is 582 g/mol. The molecular weight excluding hydrogens is 555 g/mol. The van der Waals surface area contributed by atoms with Crippen LogP contribution in [0.1, 0.15) is 17.8 Å². The molecule has 2 aromatic heterocycles. The maximum Gasteiger partial charge on any atom is 0.422 e. The number of pyridine rings is 1. The van der Waals surface area contributed by atoms with Gasteiger partial charge in [-0.2, -0.15) is 13.2 Å². The van der Waals surface area contributed by atoms with E-state index in [9.17, 15) is 32.3 Å². The second-order valence-corrected chi connectivity index (χ2v) is 9.76. The van der Waals surface area contributed by atoms with Crippen LogP contribution in [0.3, 0.4) is 0 Å². The van der Waals surface area contributed by atoms with E-state index in [1.165, 1.54) is 52.1 Å². The molecule has 1 unspecified atom stereocenters. The lowest BCUT2D eigenvalue weighted by atomic mass is 10.1. The number of likely N-dealkylation sites (N-methyl/N-ethyl adjacent to an activating group) is 1. The number of alkyl halides is 3. The van der Waals surface area contributed by atoms with Gasteiger partial charge in [0.25, 0.3) is 5.56 Å². The molecule has 0 fully saturated rings. The second kappa shape index (κ2) is 13.1. The van der Waals surface area contributed by atoms with Crippen molar-refractivity contribution in [2.24, 2.45) is 0 Å². The Morgan fingerprint density at radius 2 is 1.98 bits per heavy atom. The van der Waals surface area contributed by atoms with Crippen molar-refractivity contribution >= 4 is 45.1 Å². The minimum Gasteiger partial charge on any atom is -0.483 e. The third kappa shape index (κ3) is 8.56. The first kappa shape index (κ1) is 30.1. The van der Waals surface area contributed by atoms with Crippen molar-refractivity contribution in [1.29, 1.82) is 0 Å². The summed E-state index contributed by atoms with van der Waals surface area (Å²) in [5.74, 6) is -1.02. The molecule has 0 aliphatic heterocycles. The maximum atomic E-state index is 13.0. The number of carbonyl (C=O) groups excluding carboxylic acids is 2. The molecule has 0 aliphatic rings. The van der Waals surface area contributed by atoms with Crippen molar-refractivity contribution in [2.45, 2.75) is 31.6 Å². The van der Waals surface area contributed by atoms with Gasteiger partial charge >= 0.3 is 12.3 Å². The smallest absolute Gasteiger partial charge is 0.422 e. The number of ether oxygens (including phenoxy) is 1. The zero-order valence-electron chi connectivity index (χ0n) is 21.4. The van der Waals surface area contributed by atoms with Gasteiger partial charge in [0.1, 0.15) is 22.5 Å². The third-order valence-electron chi connectivity index (χ3n) is 5.34. The Hall–Kier alpha value is -4.40. The maximum absolute atomic E-state index is 13.0. The van der Waals surface area contributed by atoms with Crippen LogP contribution in [0, 0.1) is 0 Å². The van der Waals surface area contributed by atoms with E-state index in [2.05, 4.69) is 15.6 Å². The van der Waals surface area contributed by atoms with Crippen LogP contribution in [-0.4, -0.2) is 70.4 Å². The summed E-state index contributed by atoms with van der Waals surface area (Å²) in [5.41, 5.74) is -0.311. The van der Waals surface area contributed by atoms with Crippen molar-refractivity contribution in [3.8, 4) is 5.75 Å². The standard InChI is InChI=1S/C25H26F3N5O6S/c1-32(2)20(34)11-4-3-7-16(31-24(37)38)22(35)30-17-9-6-12-33(23(17)36)13-19-29-15-8-5-10-18(21(15)40-19)39-14-25(26,27)28/h4-6,8-12,16,31H,3,7,13-14H2,1-2H3,(H,30,35)(H,37,38)/b11-4+. The van der Waals surface area contributed by atoms with Crippen LogP contribution in [-0.2, 0) is 16.1 Å². The average Bonchev–Trinajstić information content (AvgIpc) is 3.29. The molecule has 0 radical (unpaired) electrons. The molecule has 15 heteroatoms. The summed E-state index contributed by atoms with van der Waals surface area (Å²) >= 11 is 1.07. The van der Waals surface area contributed by atoms with Crippen LogP contribution in [0.25, 0.3) is 10.2 Å². The number of aromatic nitrogens is 2. The van der Waals surface area contributed by atoms with Crippen LogP contribution in [0.5, 0.6) is 5.75 Å². The summed E-state index contributed by atoms with van der Waals surface area (Å²) < 4.78 is 44.3. The molecule has 3 amide bonds. The SMILES string of the molecule is CN(C)C(=O)/C=C/CCC(NC(=O)O)C(=O)Nc1cccn(Cc2nc3cccc(OCC(F)(F)F)c3s2)c1=O. The number of nitrogens with one attached hydrogen (secondary N) is 2. The number of allylic oxidation sites excluding steroid dienone is 1. The van der Waals surface area contributed by atoms with Gasteiger partial charge in [0, 0.05) is 20.3 Å². The molecule has 3 N–H and O–H groups in total. The summed E-state index contributed by atoms with van der Waals surface area (Å²) in [6.45, 7) is -1.50. The zero-order chi connectivity index (χ0) is 29.4. The largest absolute Gasteiger partial charge is 0.483 e. The highest BCUT2D eigenvalue weighted by atomic mass is 32.1. The van der Waals surface area contributed by atoms with Crippen LogP contribution in [0.2, 0.25) is 0 Å². The van der Waals surface area contributed by atoms with E-state index in [-0.39, 0.29) is 36.7 Å². The number of benzene rings is 1. The summed E-state index contributed by atoms with van der Waals surface area (Å²) in [5, 5.41) is 14.1. The Morgan fingerprint density at radius 1 is 1.23 bits per heavy atom. The molecular formula is C25H26F3N5O6S. The molecule has 0 bridgehead atoms. The van der Waals surface area contributed by atoms with Crippen LogP contribution in [0.4, 0.5) is 23.7 Å². The number of amides is 3. The number of hydrogen-bond donors (Lipinski definition) is 3. The number of carboxylic acid groups (broad SMARTS) is 1. The molecule has 0 saturated carbocycles. The lowest BCUT2D eigenvalue weighted by Gasteiger charge is -2.16. The molecule has 0 aliphatic carbocycles. The molecule has 1 aromatic carbocycles. The van der Waals surface area contributed by atoms with E-state index < -0.39 is 36.4 Å². The summed E-state index contributed by atoms with van der Waals surface area (Å²) in [6.07, 6.45) is -1.44. The number of rotatable bonds is 11. The molecule has 40 heavy (non-hydrogen) atoms. The predicted molar refractivity (Wildman–Crippen MR) is 142 cm³/mol. The minimum absolute atomic E-state index is 0.0184. The molecule has 0 saturated heterocycles. The van der Waals surface area contributed by atoms with E-state index in [1.807, 2.05) is 0 Å². The third-order valence-corrected chi connectivity index (χ3v) is 6.41. The molecule has 3 rings (SSSR count). The highest BCUT2D eigenvalue weighted by molar-refractivity contribution is 7.19. The minimum atomic E-state index is -4.51. The summed E-state index contributed by atoms with van der Waals surface area (Å²) in [7, 11) is 3.14. The van der Waals surface area contributed by atoms with Crippen LogP contribution >= 0.6 is 11.3 Å². The molecule has 2 heterocycles. The number of nitrogens with zero attached hydrogens (tertiary/aromatic N) is 3. The Bertz CT molecular complexity index is 1470. The number of carbonyl (C=O) groups is 3. The first-order chi connectivity index (χ1) is 18.8. The van der Waals surface area contributed by atoms with E-state index in [4.69, 9.17) is 9.84 Å². The molecule has 0 spiro atoms. The Kier molecular flexibility index (Phi) is 9.87. The van der Waals surface area contributed by atoms with E-state index in [0.29, 0.717) is 15.2 Å². The van der Waals surface area contributed by atoms with Crippen molar-refractivity contribution in [1.82, 2.24) is 19.8 Å². The molecule has 3 aromatic rings. The number of thiazole rings is 1. The fraction of sp³-hybridized carbons (Fsp3) is 0.320. The van der Waals surface area contributed by atoms with Crippen LogP contribution < -0.4 is 20.9 Å². The monoisotopic (exact) mass is 581 g/mol. The van der Waals surface area contributed by atoms with Gasteiger partial charge in [0.15, 0.2) is 6.61 Å². The number of anilines is 1. The summed E-state index contributed by atoms with van der Waals surface area (Å²) in [4.78, 5) is 54.4. The van der Waals surface area contributed by atoms with Gasteiger partial charge < -0.3 is 29.9 Å². The van der Waals surface area contributed by atoms with Crippen LogP contribution in [0.15, 0.2) is 53.5 Å². The normalized spacial score (nSPS) is 12.3. The number of fused-ring (bicyclic) bond motifs is 1. The first-order valence-electron chi connectivity index (χ1n) is 11.8. The topological polar surface area (TPSA) is 143 Å². The molecule has 214 valence electrons. The Morgan fingerprint density at radius 3 is 2.65 bits per heavy atom. The van der Waals surface area contributed by atoms with E-state index in [1.54, 1.807) is 20.2 Å². The lowest BCUT2D eigenvalue weighted by molar-refractivity contribution is -0.153. The fourth-order valence-electron chi connectivity index (χ4n) is 3.45. The van der Waals surface area contributed by atoms with Crippen molar-refractivity contribution in [2.75, 3.05) is 26.0 Å². The van der Waals surface area contributed by atoms with Crippen molar-refractivity contribution < 1.29 is 37.4 Å². The number of hydrogen-bond acceptors (Lipinski definition) is 7. The number of halogens is 3. The van der Waals surface area contributed by atoms with Crippen molar-refractivity contribution in [3.05, 3.63) is 64.0 Å². The van der Waals surface area contributed by atoms with Gasteiger partial charge in [-0.05, 0) is 43.2 Å². The van der Waals surface area contributed by atoms with Gasteiger partial charge in [-0.15, -0.1) is 11.3 Å². The zero-order valence-corrected chi connectivity index (χ0v) is 22.2. The van der Waals surface area contributed by atoms with Gasteiger partial charge in [-0.3, -0.25) is 14.4 Å². The van der Waals surface area contributed by atoms with Crippen molar-refractivity contribution in [3.63, 3.8) is 0 Å². The summed E-state index contributed by atoms with van der Waals surface area (Å²) in [6, 6.07) is 6.16. The predicted octanol–water partition coefficient (Wildman–Crippen LogP) is 3.45. The quantitative estimate of drug-likeness (QED) is 0.295. The first-order valence-corrected chi connectivity index (χ1v) is 12.6. The Labute approximate surface area is 229 Å². The molecule has 1 atom stereocenters. The van der Waals surface area contributed by atoms with Gasteiger partial charge in [-0.1, -0.05) is 12.1 Å². The second-order valence-electron chi connectivity index (χ2n) is 8.67.